The van der Waals surface area contributed by atoms with Crippen LogP contribution in [0.2, 0.25) is 0 Å². The van der Waals surface area contributed by atoms with E-state index in [4.69, 9.17) is 14.3 Å². The van der Waals surface area contributed by atoms with Crippen molar-refractivity contribution in [2.24, 2.45) is 0 Å². The summed E-state index contributed by atoms with van der Waals surface area (Å²) < 4.78 is 12.9. The van der Waals surface area contributed by atoms with E-state index < -0.39 is 0 Å². The lowest BCUT2D eigenvalue weighted by Crippen LogP contribution is -2.36. The lowest BCUT2D eigenvalue weighted by atomic mass is 10.2. The fourth-order valence-corrected chi connectivity index (χ4v) is 3.68. The largest absolute Gasteiger partial charge is 0.472 e. The highest BCUT2D eigenvalue weighted by atomic mass is 16.5. The molecule has 1 fully saturated rings. The Kier molecular flexibility index (Phi) is 4.43. The van der Waals surface area contributed by atoms with Gasteiger partial charge in [0.05, 0.1) is 37.1 Å². The van der Waals surface area contributed by atoms with E-state index in [2.05, 4.69) is 28.3 Å². The van der Waals surface area contributed by atoms with Crippen molar-refractivity contribution in [1.29, 1.82) is 0 Å². The van der Waals surface area contributed by atoms with E-state index in [1.807, 2.05) is 12.3 Å². The van der Waals surface area contributed by atoms with Gasteiger partial charge in [-0.2, -0.15) is 5.10 Å². The standard InChI is InChI=1S/C18H26N4O2/c1-14(2)22-18-12-21(9-15-3-6-24-13-15)10-16(18)17(19-22)11-20-4-7-23-8-5-20/h3,6,13-14H,4-5,7-12H2,1-2H3. The summed E-state index contributed by atoms with van der Waals surface area (Å²) in [5.74, 6) is 0. The van der Waals surface area contributed by atoms with Crippen LogP contribution in [-0.4, -0.2) is 45.9 Å². The molecule has 0 bridgehead atoms. The number of furan rings is 1. The molecule has 24 heavy (non-hydrogen) atoms. The van der Waals surface area contributed by atoms with Crippen molar-refractivity contribution < 1.29 is 9.15 Å². The third-order valence-corrected chi connectivity index (χ3v) is 4.91. The van der Waals surface area contributed by atoms with Gasteiger partial charge in [0, 0.05) is 56.4 Å². The van der Waals surface area contributed by atoms with Crippen LogP contribution < -0.4 is 0 Å². The fourth-order valence-electron chi connectivity index (χ4n) is 3.68. The molecule has 4 heterocycles. The van der Waals surface area contributed by atoms with E-state index in [0.29, 0.717) is 6.04 Å². The summed E-state index contributed by atoms with van der Waals surface area (Å²) in [6.45, 7) is 11.9. The third kappa shape index (κ3) is 3.14. The summed E-state index contributed by atoms with van der Waals surface area (Å²) in [4.78, 5) is 4.93. The summed E-state index contributed by atoms with van der Waals surface area (Å²) in [6, 6.07) is 2.44. The number of fused-ring (bicyclic) bond motifs is 1. The lowest BCUT2D eigenvalue weighted by molar-refractivity contribution is 0.0333. The van der Waals surface area contributed by atoms with Crippen molar-refractivity contribution in [2.45, 2.75) is 46.1 Å². The first-order valence-corrected chi connectivity index (χ1v) is 8.83. The molecule has 0 saturated carbocycles. The van der Waals surface area contributed by atoms with Crippen LogP contribution >= 0.6 is 0 Å². The number of hydrogen-bond acceptors (Lipinski definition) is 5. The van der Waals surface area contributed by atoms with Gasteiger partial charge < -0.3 is 9.15 Å². The summed E-state index contributed by atoms with van der Waals surface area (Å²) in [5.41, 5.74) is 5.30. The third-order valence-electron chi connectivity index (χ3n) is 4.91. The summed E-state index contributed by atoms with van der Waals surface area (Å²) >= 11 is 0. The molecule has 0 aromatic carbocycles. The van der Waals surface area contributed by atoms with Crippen molar-refractivity contribution in [3.05, 3.63) is 41.1 Å². The Hall–Kier alpha value is -1.63. The summed E-state index contributed by atoms with van der Waals surface area (Å²) in [6.07, 6.45) is 3.59. The predicted octanol–water partition coefficient (Wildman–Crippen LogP) is 2.41. The second-order valence-corrected chi connectivity index (χ2v) is 7.08. The van der Waals surface area contributed by atoms with E-state index in [-0.39, 0.29) is 0 Å². The average Bonchev–Trinajstić information content (AvgIpc) is 3.27. The molecule has 0 amide bonds. The van der Waals surface area contributed by atoms with Gasteiger partial charge in [-0.1, -0.05) is 0 Å². The van der Waals surface area contributed by atoms with Crippen molar-refractivity contribution in [1.82, 2.24) is 19.6 Å². The van der Waals surface area contributed by atoms with Crippen LogP contribution in [0.15, 0.2) is 23.0 Å². The van der Waals surface area contributed by atoms with Crippen LogP contribution in [0.4, 0.5) is 0 Å². The van der Waals surface area contributed by atoms with Gasteiger partial charge in [0.1, 0.15) is 0 Å². The first kappa shape index (κ1) is 15.9. The van der Waals surface area contributed by atoms with Gasteiger partial charge in [0.2, 0.25) is 0 Å². The quantitative estimate of drug-likeness (QED) is 0.842. The molecule has 2 aromatic rings. The van der Waals surface area contributed by atoms with Crippen LogP contribution in [0.3, 0.4) is 0 Å². The predicted molar refractivity (Wildman–Crippen MR) is 90.4 cm³/mol. The minimum Gasteiger partial charge on any atom is -0.472 e. The van der Waals surface area contributed by atoms with Crippen LogP contribution in [0.1, 0.15) is 42.4 Å². The Morgan fingerprint density at radius 1 is 1.12 bits per heavy atom. The topological polar surface area (TPSA) is 46.7 Å². The molecular formula is C18H26N4O2. The molecule has 0 spiro atoms. The number of rotatable bonds is 5. The van der Waals surface area contributed by atoms with Gasteiger partial charge in [0.15, 0.2) is 0 Å². The molecule has 0 atom stereocenters. The number of morpholine rings is 1. The first-order valence-electron chi connectivity index (χ1n) is 8.83. The molecule has 1 saturated heterocycles. The Morgan fingerprint density at radius 2 is 1.96 bits per heavy atom. The average molecular weight is 330 g/mol. The van der Waals surface area contributed by atoms with E-state index >= 15 is 0 Å². The van der Waals surface area contributed by atoms with Crippen LogP contribution in [0, 0.1) is 0 Å². The molecule has 0 unspecified atom stereocenters. The smallest absolute Gasteiger partial charge is 0.0947 e. The molecule has 2 aromatic heterocycles. The molecule has 6 heteroatoms. The molecule has 2 aliphatic rings. The van der Waals surface area contributed by atoms with Gasteiger partial charge in [-0.15, -0.1) is 0 Å². The SMILES string of the molecule is CC(C)n1nc(CN2CCOCC2)c2c1CN(Cc1ccoc1)C2. The van der Waals surface area contributed by atoms with E-state index in [0.717, 1.165) is 52.5 Å². The highest BCUT2D eigenvalue weighted by Gasteiger charge is 2.29. The van der Waals surface area contributed by atoms with Crippen molar-refractivity contribution in [3.8, 4) is 0 Å². The van der Waals surface area contributed by atoms with Gasteiger partial charge in [0.25, 0.3) is 0 Å². The number of ether oxygens (including phenoxy) is 1. The number of hydrogen-bond donors (Lipinski definition) is 0. The highest BCUT2D eigenvalue weighted by molar-refractivity contribution is 5.31. The van der Waals surface area contributed by atoms with Crippen molar-refractivity contribution in [2.75, 3.05) is 26.3 Å². The van der Waals surface area contributed by atoms with Crippen LogP contribution in [0.5, 0.6) is 0 Å². The Labute approximate surface area is 143 Å². The zero-order chi connectivity index (χ0) is 16.5. The first-order chi connectivity index (χ1) is 11.7. The van der Waals surface area contributed by atoms with Gasteiger partial charge in [-0.25, -0.2) is 0 Å². The van der Waals surface area contributed by atoms with Gasteiger partial charge in [-0.3, -0.25) is 14.5 Å². The van der Waals surface area contributed by atoms with Gasteiger partial charge >= 0.3 is 0 Å². The molecule has 130 valence electrons. The molecule has 2 aliphatic heterocycles. The van der Waals surface area contributed by atoms with Crippen LogP contribution in [-0.2, 0) is 30.9 Å². The zero-order valence-electron chi connectivity index (χ0n) is 14.6. The second-order valence-electron chi connectivity index (χ2n) is 7.08. The molecule has 0 radical (unpaired) electrons. The van der Waals surface area contributed by atoms with Crippen molar-refractivity contribution in [3.63, 3.8) is 0 Å². The molecule has 6 nitrogen and oxygen atoms in total. The molecular weight excluding hydrogens is 304 g/mol. The Bertz CT molecular complexity index is 672. The summed E-state index contributed by atoms with van der Waals surface area (Å²) in [7, 11) is 0. The Balaban J connectivity index is 1.53. The maximum absolute atomic E-state index is 5.46. The zero-order valence-corrected chi connectivity index (χ0v) is 14.6. The molecule has 0 N–H and O–H groups in total. The minimum absolute atomic E-state index is 0.395. The highest BCUT2D eigenvalue weighted by Crippen LogP contribution is 2.30. The molecule has 0 aliphatic carbocycles. The fraction of sp³-hybridized carbons (Fsp3) is 0.611. The number of aromatic nitrogens is 2. The lowest BCUT2D eigenvalue weighted by Gasteiger charge is -2.26. The maximum atomic E-state index is 5.46. The normalized spacial score (nSPS) is 19.3. The van der Waals surface area contributed by atoms with Gasteiger partial charge in [-0.05, 0) is 19.9 Å². The summed E-state index contributed by atoms with van der Waals surface area (Å²) in [5, 5.41) is 4.95. The van der Waals surface area contributed by atoms with E-state index in [1.165, 1.54) is 22.5 Å². The maximum Gasteiger partial charge on any atom is 0.0947 e. The van der Waals surface area contributed by atoms with Crippen molar-refractivity contribution >= 4 is 0 Å². The van der Waals surface area contributed by atoms with E-state index in [1.54, 1.807) is 6.26 Å². The monoisotopic (exact) mass is 330 g/mol. The molecule has 4 rings (SSSR count). The Morgan fingerprint density at radius 3 is 2.67 bits per heavy atom. The second kappa shape index (κ2) is 6.70. The van der Waals surface area contributed by atoms with E-state index in [9.17, 15) is 0 Å². The van der Waals surface area contributed by atoms with Crippen LogP contribution in [0.25, 0.3) is 0 Å². The minimum atomic E-state index is 0.395. The number of nitrogens with zero attached hydrogens (tertiary/aromatic N) is 4.